The molecular weight excluding hydrogens is 259 g/mol. The lowest BCUT2D eigenvalue weighted by molar-refractivity contribution is 0.365. The average molecular weight is 277 g/mol. The van der Waals surface area contributed by atoms with Crippen molar-refractivity contribution in [1.82, 2.24) is 0 Å². The minimum absolute atomic E-state index is 0.0491. The van der Waals surface area contributed by atoms with Crippen LogP contribution in [0.3, 0.4) is 0 Å². The number of benzene rings is 1. The summed E-state index contributed by atoms with van der Waals surface area (Å²) >= 11 is 14.1. The first kappa shape index (κ1) is 14.2. The van der Waals surface area contributed by atoms with Gasteiger partial charge in [-0.1, -0.05) is 30.3 Å². The number of hydrogen-bond acceptors (Lipinski definition) is 1. The van der Waals surface area contributed by atoms with Crippen LogP contribution in [0.2, 0.25) is 0 Å². The molecule has 0 saturated heterocycles. The van der Waals surface area contributed by atoms with Gasteiger partial charge in [0.05, 0.1) is 0 Å². The van der Waals surface area contributed by atoms with Gasteiger partial charge in [-0.15, -0.1) is 23.2 Å². The molecule has 0 unspecified atom stereocenters. The van der Waals surface area contributed by atoms with Crippen molar-refractivity contribution < 1.29 is 0 Å². The molecule has 0 fully saturated rings. The highest BCUT2D eigenvalue weighted by Crippen LogP contribution is 2.31. The molecule has 1 aromatic rings. The molecule has 0 nitrogen and oxygen atoms in total. The average Bonchev–Trinajstić information content (AvgIpc) is 2.36. The Morgan fingerprint density at radius 3 is 2.25 bits per heavy atom. The van der Waals surface area contributed by atoms with E-state index in [1.54, 1.807) is 0 Å². The third kappa shape index (κ3) is 4.20. The van der Waals surface area contributed by atoms with E-state index in [4.69, 9.17) is 23.2 Å². The van der Waals surface area contributed by atoms with Gasteiger partial charge in [0, 0.05) is 17.2 Å². The van der Waals surface area contributed by atoms with Gasteiger partial charge in [-0.3, -0.25) is 0 Å². The second kappa shape index (κ2) is 7.47. The Kier molecular flexibility index (Phi) is 6.64. The Labute approximate surface area is 113 Å². The van der Waals surface area contributed by atoms with Gasteiger partial charge in [-0.25, -0.2) is 0 Å². The SMILES string of the molecule is CSCCC(CCl)(CCl)Cc1ccccc1. The predicted octanol–water partition coefficient (Wildman–Crippen LogP) is 4.45. The fourth-order valence-electron chi connectivity index (χ4n) is 1.70. The van der Waals surface area contributed by atoms with E-state index in [0.717, 1.165) is 18.6 Å². The third-order valence-electron chi connectivity index (χ3n) is 2.83. The minimum Gasteiger partial charge on any atom is -0.165 e. The monoisotopic (exact) mass is 276 g/mol. The Balaban J connectivity index is 2.70. The van der Waals surface area contributed by atoms with Crippen molar-refractivity contribution in [1.29, 1.82) is 0 Å². The van der Waals surface area contributed by atoms with Crippen molar-refractivity contribution in [3.05, 3.63) is 35.9 Å². The first-order chi connectivity index (χ1) is 7.76. The Bertz CT molecular complexity index is 283. The van der Waals surface area contributed by atoms with Gasteiger partial charge in [-0.2, -0.15) is 11.8 Å². The fourth-order valence-corrected chi connectivity index (χ4v) is 3.08. The van der Waals surface area contributed by atoms with E-state index in [9.17, 15) is 0 Å². The summed E-state index contributed by atoms with van der Waals surface area (Å²) in [4.78, 5) is 0. The zero-order valence-corrected chi connectivity index (χ0v) is 11.9. The number of thioether (sulfide) groups is 1. The number of alkyl halides is 2. The lowest BCUT2D eigenvalue weighted by Crippen LogP contribution is -2.29. The minimum atomic E-state index is 0.0491. The second-order valence-electron chi connectivity index (χ2n) is 4.17. The molecule has 0 N–H and O–H groups in total. The first-order valence-electron chi connectivity index (χ1n) is 5.41. The molecule has 0 aliphatic rings. The first-order valence-corrected chi connectivity index (χ1v) is 7.87. The molecule has 1 rings (SSSR count). The fraction of sp³-hybridized carbons (Fsp3) is 0.538. The van der Waals surface area contributed by atoms with Gasteiger partial charge in [-0.05, 0) is 30.4 Å². The Hall–Kier alpha value is 0.150. The van der Waals surface area contributed by atoms with Gasteiger partial charge >= 0.3 is 0 Å². The van der Waals surface area contributed by atoms with Crippen molar-refractivity contribution in [2.24, 2.45) is 5.41 Å². The summed E-state index contributed by atoms with van der Waals surface area (Å²) in [5.41, 5.74) is 1.37. The van der Waals surface area contributed by atoms with Gasteiger partial charge in [0.2, 0.25) is 0 Å². The number of hydrogen-bond donors (Lipinski definition) is 0. The molecular formula is C13H18Cl2S. The molecule has 90 valence electrons. The molecule has 0 radical (unpaired) electrons. The van der Waals surface area contributed by atoms with Crippen LogP contribution in [0.5, 0.6) is 0 Å². The van der Waals surface area contributed by atoms with Crippen LogP contribution in [0.4, 0.5) is 0 Å². The lowest BCUT2D eigenvalue weighted by Gasteiger charge is -2.29. The van der Waals surface area contributed by atoms with E-state index in [0.29, 0.717) is 11.8 Å². The smallest absolute Gasteiger partial charge is 0.0294 e. The summed E-state index contributed by atoms with van der Waals surface area (Å²) < 4.78 is 0. The third-order valence-corrected chi connectivity index (χ3v) is 4.57. The zero-order valence-electron chi connectivity index (χ0n) is 9.59. The van der Waals surface area contributed by atoms with Crippen LogP contribution >= 0.6 is 35.0 Å². The maximum absolute atomic E-state index is 6.12. The standard InChI is InChI=1S/C13H18Cl2S/c1-16-8-7-13(10-14,11-15)9-12-5-3-2-4-6-12/h2-6H,7-11H2,1H3. The van der Waals surface area contributed by atoms with Crippen LogP contribution in [-0.4, -0.2) is 23.8 Å². The van der Waals surface area contributed by atoms with E-state index < -0.39 is 0 Å². The van der Waals surface area contributed by atoms with Crippen molar-refractivity contribution >= 4 is 35.0 Å². The van der Waals surface area contributed by atoms with Gasteiger partial charge in [0.1, 0.15) is 0 Å². The maximum Gasteiger partial charge on any atom is 0.0294 e. The highest BCUT2D eigenvalue weighted by Gasteiger charge is 2.28. The van der Waals surface area contributed by atoms with Crippen LogP contribution in [-0.2, 0) is 6.42 Å². The summed E-state index contributed by atoms with van der Waals surface area (Å²) in [6, 6.07) is 10.5. The number of rotatable bonds is 7. The molecule has 0 heterocycles. The highest BCUT2D eigenvalue weighted by molar-refractivity contribution is 7.98. The normalized spacial score (nSPS) is 11.7. The lowest BCUT2D eigenvalue weighted by atomic mass is 9.83. The van der Waals surface area contributed by atoms with Gasteiger partial charge in [0.15, 0.2) is 0 Å². The van der Waals surface area contributed by atoms with Crippen molar-refractivity contribution in [3.8, 4) is 0 Å². The van der Waals surface area contributed by atoms with Crippen molar-refractivity contribution in [3.63, 3.8) is 0 Å². The predicted molar refractivity (Wildman–Crippen MR) is 77.0 cm³/mol. The van der Waals surface area contributed by atoms with Gasteiger partial charge < -0.3 is 0 Å². The molecule has 0 aromatic heterocycles. The Morgan fingerprint density at radius 2 is 1.75 bits per heavy atom. The van der Waals surface area contributed by atoms with E-state index >= 15 is 0 Å². The van der Waals surface area contributed by atoms with E-state index in [1.165, 1.54) is 5.56 Å². The van der Waals surface area contributed by atoms with Crippen LogP contribution < -0.4 is 0 Å². The molecule has 0 aliphatic heterocycles. The molecule has 0 aliphatic carbocycles. The van der Waals surface area contributed by atoms with Crippen molar-refractivity contribution in [2.75, 3.05) is 23.8 Å². The summed E-state index contributed by atoms with van der Waals surface area (Å²) in [7, 11) is 0. The molecule has 16 heavy (non-hydrogen) atoms. The molecule has 0 atom stereocenters. The maximum atomic E-state index is 6.12. The van der Waals surface area contributed by atoms with Crippen LogP contribution in [0.25, 0.3) is 0 Å². The van der Waals surface area contributed by atoms with E-state index in [1.807, 2.05) is 17.8 Å². The summed E-state index contributed by atoms with van der Waals surface area (Å²) in [6.07, 6.45) is 4.17. The van der Waals surface area contributed by atoms with Crippen molar-refractivity contribution in [2.45, 2.75) is 12.8 Å². The quantitative estimate of drug-likeness (QED) is 0.664. The van der Waals surface area contributed by atoms with E-state index in [2.05, 4.69) is 30.5 Å². The summed E-state index contributed by atoms with van der Waals surface area (Å²) in [6.45, 7) is 0. The second-order valence-corrected chi connectivity index (χ2v) is 5.69. The Morgan fingerprint density at radius 1 is 1.12 bits per heavy atom. The largest absolute Gasteiger partial charge is 0.165 e. The molecule has 0 spiro atoms. The molecule has 0 amide bonds. The molecule has 0 saturated carbocycles. The molecule has 0 bridgehead atoms. The molecule has 1 aromatic carbocycles. The summed E-state index contributed by atoms with van der Waals surface area (Å²) in [5.74, 6) is 2.38. The zero-order chi connectivity index (χ0) is 11.9. The van der Waals surface area contributed by atoms with Crippen LogP contribution in [0, 0.1) is 5.41 Å². The topological polar surface area (TPSA) is 0 Å². The summed E-state index contributed by atoms with van der Waals surface area (Å²) in [5, 5.41) is 0. The van der Waals surface area contributed by atoms with Gasteiger partial charge in [0.25, 0.3) is 0 Å². The highest BCUT2D eigenvalue weighted by atomic mass is 35.5. The van der Waals surface area contributed by atoms with Crippen LogP contribution in [0.1, 0.15) is 12.0 Å². The molecule has 3 heteroatoms. The number of halogens is 2. The van der Waals surface area contributed by atoms with Crippen LogP contribution in [0.15, 0.2) is 30.3 Å². The van der Waals surface area contributed by atoms with E-state index in [-0.39, 0.29) is 5.41 Å².